The third kappa shape index (κ3) is 5.88. The lowest BCUT2D eigenvalue weighted by Gasteiger charge is -2.35. The molecule has 182 valence electrons. The number of nitrogens with zero attached hydrogens (tertiary/aromatic N) is 5. The molecule has 3 rings (SSSR count). The summed E-state index contributed by atoms with van der Waals surface area (Å²) >= 11 is 6.11. The molecular weight excluding hydrogens is 462 g/mol. The standard InChI is InChI=1S/C23H34ClN5O3S/c1-4-10-27(11-5-2)23(30)21-18-28(12-6-3)25-22(21)33(31,32)29-15-13-26(14-16-29)20-9-7-8-19(24)17-20/h7-9,17-18H,4-6,10-16H2,1-3H3. The van der Waals surface area contributed by atoms with Gasteiger partial charge in [-0.3, -0.25) is 9.48 Å². The zero-order chi connectivity index (χ0) is 24.0. The second-order valence-electron chi connectivity index (χ2n) is 8.27. The van der Waals surface area contributed by atoms with E-state index in [2.05, 4.69) is 10.00 Å². The fourth-order valence-electron chi connectivity index (χ4n) is 4.09. The number of carbonyl (C=O) groups is 1. The van der Waals surface area contributed by atoms with Crippen LogP contribution < -0.4 is 4.90 Å². The molecule has 10 heteroatoms. The second kappa shape index (κ2) is 11.4. The number of hydrogen-bond donors (Lipinski definition) is 0. The maximum atomic E-state index is 13.6. The van der Waals surface area contributed by atoms with Gasteiger partial charge >= 0.3 is 0 Å². The van der Waals surface area contributed by atoms with E-state index in [1.165, 1.54) is 4.31 Å². The van der Waals surface area contributed by atoms with Gasteiger partial charge in [0, 0.05) is 62.7 Å². The van der Waals surface area contributed by atoms with Gasteiger partial charge in [-0.15, -0.1) is 0 Å². The number of carbonyl (C=O) groups excluding carboxylic acids is 1. The molecule has 33 heavy (non-hydrogen) atoms. The molecule has 1 aromatic heterocycles. The molecule has 1 amide bonds. The monoisotopic (exact) mass is 495 g/mol. The number of anilines is 1. The van der Waals surface area contributed by atoms with E-state index in [1.54, 1.807) is 15.8 Å². The van der Waals surface area contributed by atoms with Crippen LogP contribution in [0, 0.1) is 0 Å². The van der Waals surface area contributed by atoms with Crippen LogP contribution in [0.2, 0.25) is 5.02 Å². The second-order valence-corrected chi connectivity index (χ2v) is 10.6. The van der Waals surface area contributed by atoms with Gasteiger partial charge in [0.15, 0.2) is 0 Å². The summed E-state index contributed by atoms with van der Waals surface area (Å²) in [7, 11) is -3.91. The Hall–Kier alpha value is -2.10. The number of sulfonamides is 1. The molecule has 0 saturated carbocycles. The van der Waals surface area contributed by atoms with Crippen LogP contribution in [-0.2, 0) is 16.6 Å². The van der Waals surface area contributed by atoms with E-state index < -0.39 is 10.0 Å². The molecule has 1 saturated heterocycles. The number of aromatic nitrogens is 2. The van der Waals surface area contributed by atoms with Gasteiger partial charge in [0.2, 0.25) is 5.03 Å². The Kier molecular flexibility index (Phi) is 8.78. The maximum absolute atomic E-state index is 13.6. The van der Waals surface area contributed by atoms with Crippen molar-refractivity contribution in [3.63, 3.8) is 0 Å². The summed E-state index contributed by atoms with van der Waals surface area (Å²) in [6.45, 7) is 9.45. The molecule has 0 radical (unpaired) electrons. The van der Waals surface area contributed by atoms with E-state index >= 15 is 0 Å². The van der Waals surface area contributed by atoms with Crippen molar-refractivity contribution >= 4 is 33.2 Å². The van der Waals surface area contributed by atoms with Gasteiger partial charge in [-0.05, 0) is 37.5 Å². The molecule has 0 spiro atoms. The molecule has 0 bridgehead atoms. The summed E-state index contributed by atoms with van der Waals surface area (Å²) in [5.74, 6) is -0.266. The van der Waals surface area contributed by atoms with Crippen molar-refractivity contribution in [1.29, 1.82) is 0 Å². The van der Waals surface area contributed by atoms with E-state index in [-0.39, 0.29) is 16.5 Å². The van der Waals surface area contributed by atoms with Crippen molar-refractivity contribution in [3.8, 4) is 0 Å². The highest BCUT2D eigenvalue weighted by Crippen LogP contribution is 2.25. The highest BCUT2D eigenvalue weighted by atomic mass is 35.5. The van der Waals surface area contributed by atoms with E-state index in [4.69, 9.17) is 11.6 Å². The summed E-state index contributed by atoms with van der Waals surface area (Å²) in [4.78, 5) is 17.2. The Morgan fingerprint density at radius 1 is 1.06 bits per heavy atom. The summed E-state index contributed by atoms with van der Waals surface area (Å²) in [5, 5.41) is 4.89. The molecule has 8 nitrogen and oxygen atoms in total. The van der Waals surface area contributed by atoms with E-state index in [0.717, 1.165) is 24.9 Å². The number of amides is 1. The fourth-order valence-corrected chi connectivity index (χ4v) is 5.79. The molecule has 0 unspecified atom stereocenters. The zero-order valence-electron chi connectivity index (χ0n) is 19.7. The third-order valence-corrected chi connectivity index (χ3v) is 7.75. The molecule has 0 atom stereocenters. The summed E-state index contributed by atoms with van der Waals surface area (Å²) in [5.41, 5.74) is 1.14. The quantitative estimate of drug-likeness (QED) is 0.502. The van der Waals surface area contributed by atoms with Crippen LogP contribution in [0.25, 0.3) is 0 Å². The smallest absolute Gasteiger partial charge is 0.263 e. The number of benzene rings is 1. The normalized spacial score (nSPS) is 15.1. The van der Waals surface area contributed by atoms with E-state index in [9.17, 15) is 13.2 Å². The first-order valence-corrected chi connectivity index (χ1v) is 13.5. The Labute approximate surface area is 202 Å². The van der Waals surface area contributed by atoms with Crippen molar-refractivity contribution in [1.82, 2.24) is 19.0 Å². The van der Waals surface area contributed by atoms with Crippen LogP contribution in [0.5, 0.6) is 0 Å². The number of halogens is 1. The minimum atomic E-state index is -3.91. The first-order valence-electron chi connectivity index (χ1n) is 11.7. The Morgan fingerprint density at radius 3 is 2.30 bits per heavy atom. The zero-order valence-corrected chi connectivity index (χ0v) is 21.3. The molecular formula is C23H34ClN5O3S. The average molecular weight is 496 g/mol. The summed E-state index contributed by atoms with van der Waals surface area (Å²) in [6.07, 6.45) is 4.00. The number of aryl methyl sites for hydroxylation is 1. The largest absolute Gasteiger partial charge is 0.369 e. The summed E-state index contributed by atoms with van der Waals surface area (Å²) in [6, 6.07) is 7.55. The van der Waals surface area contributed by atoms with Crippen molar-refractivity contribution < 1.29 is 13.2 Å². The lowest BCUT2D eigenvalue weighted by molar-refractivity contribution is 0.0751. The van der Waals surface area contributed by atoms with Gasteiger partial charge in [0.05, 0.1) is 5.56 Å². The molecule has 1 aromatic carbocycles. The molecule has 1 aliphatic rings. The number of piperazine rings is 1. The Morgan fingerprint density at radius 2 is 1.73 bits per heavy atom. The topological polar surface area (TPSA) is 78.8 Å². The van der Waals surface area contributed by atoms with Crippen molar-refractivity contribution in [2.24, 2.45) is 0 Å². The van der Waals surface area contributed by atoms with Crippen molar-refractivity contribution in [2.75, 3.05) is 44.2 Å². The third-order valence-electron chi connectivity index (χ3n) is 5.68. The SMILES string of the molecule is CCCN(CCC)C(=O)c1cn(CCC)nc1S(=O)(=O)N1CCN(c2cccc(Cl)c2)CC1. The van der Waals surface area contributed by atoms with Crippen molar-refractivity contribution in [3.05, 3.63) is 41.0 Å². The van der Waals surface area contributed by atoms with E-state index in [1.807, 2.05) is 45.0 Å². The number of hydrogen-bond acceptors (Lipinski definition) is 5. The molecule has 0 aliphatic carbocycles. The molecule has 1 aliphatic heterocycles. The predicted molar refractivity (Wildman–Crippen MR) is 131 cm³/mol. The average Bonchev–Trinajstić information content (AvgIpc) is 3.24. The molecule has 0 N–H and O–H groups in total. The fraction of sp³-hybridized carbons (Fsp3) is 0.565. The predicted octanol–water partition coefficient (Wildman–Crippen LogP) is 3.72. The van der Waals surface area contributed by atoms with Gasteiger partial charge in [-0.2, -0.15) is 9.40 Å². The van der Waals surface area contributed by atoms with Crippen LogP contribution in [0.1, 0.15) is 50.4 Å². The lowest BCUT2D eigenvalue weighted by atomic mass is 10.2. The van der Waals surface area contributed by atoms with Gasteiger partial charge < -0.3 is 9.80 Å². The van der Waals surface area contributed by atoms with Gasteiger partial charge in [0.25, 0.3) is 15.9 Å². The van der Waals surface area contributed by atoms with Crippen LogP contribution >= 0.6 is 11.6 Å². The van der Waals surface area contributed by atoms with Crippen LogP contribution in [0.4, 0.5) is 5.69 Å². The first kappa shape index (κ1) is 25.5. The highest BCUT2D eigenvalue weighted by molar-refractivity contribution is 7.89. The Balaban J connectivity index is 1.85. The molecule has 2 heterocycles. The van der Waals surface area contributed by atoms with Crippen LogP contribution in [-0.4, -0.2) is 72.6 Å². The lowest BCUT2D eigenvalue weighted by Crippen LogP contribution is -2.49. The van der Waals surface area contributed by atoms with Crippen LogP contribution in [0.3, 0.4) is 0 Å². The van der Waals surface area contributed by atoms with Gasteiger partial charge in [-0.1, -0.05) is 38.4 Å². The molecule has 1 fully saturated rings. The molecule has 2 aromatic rings. The van der Waals surface area contributed by atoms with E-state index in [0.29, 0.717) is 50.8 Å². The highest BCUT2D eigenvalue weighted by Gasteiger charge is 2.35. The summed E-state index contributed by atoms with van der Waals surface area (Å²) < 4.78 is 30.2. The van der Waals surface area contributed by atoms with Crippen LogP contribution in [0.15, 0.2) is 35.5 Å². The van der Waals surface area contributed by atoms with Gasteiger partial charge in [-0.25, -0.2) is 8.42 Å². The number of rotatable bonds is 10. The minimum absolute atomic E-state index is 0.130. The van der Waals surface area contributed by atoms with Gasteiger partial charge in [0.1, 0.15) is 0 Å². The van der Waals surface area contributed by atoms with Crippen molar-refractivity contribution in [2.45, 2.75) is 51.6 Å². The Bertz CT molecular complexity index is 1040. The first-order chi connectivity index (χ1) is 15.8. The minimum Gasteiger partial charge on any atom is -0.369 e. The maximum Gasteiger partial charge on any atom is 0.263 e.